The van der Waals surface area contributed by atoms with Gasteiger partial charge >= 0.3 is 5.97 Å². The van der Waals surface area contributed by atoms with Crippen molar-refractivity contribution < 1.29 is 9.53 Å². The number of nitrogens with zero attached hydrogens (tertiary/aromatic N) is 3. The van der Waals surface area contributed by atoms with E-state index in [1.807, 2.05) is 35.0 Å². The lowest BCUT2D eigenvalue weighted by Gasteiger charge is -1.90. The fourth-order valence-corrected chi connectivity index (χ4v) is 2.41. The van der Waals surface area contributed by atoms with Gasteiger partial charge in [0.05, 0.1) is 13.3 Å². The molecule has 90 valence electrons. The predicted molar refractivity (Wildman–Crippen MR) is 67.6 cm³/mol. The number of carbonyl (C=O) groups is 1. The van der Waals surface area contributed by atoms with Crippen LogP contribution in [0.3, 0.4) is 0 Å². The molecule has 0 aromatic carbocycles. The van der Waals surface area contributed by atoms with Gasteiger partial charge in [0.25, 0.3) is 0 Å². The van der Waals surface area contributed by atoms with E-state index in [4.69, 9.17) is 0 Å². The first-order valence-corrected chi connectivity index (χ1v) is 6.08. The zero-order chi connectivity index (χ0) is 12.5. The molecule has 3 heterocycles. The molecular formula is C12H9N3O2S. The second-order valence-corrected chi connectivity index (χ2v) is 4.64. The molecule has 0 spiro atoms. The van der Waals surface area contributed by atoms with Gasteiger partial charge in [0, 0.05) is 12.4 Å². The quantitative estimate of drug-likeness (QED) is 0.662. The van der Waals surface area contributed by atoms with Crippen LogP contribution in [0.15, 0.2) is 36.8 Å². The third kappa shape index (κ3) is 1.76. The van der Waals surface area contributed by atoms with Crippen molar-refractivity contribution in [1.29, 1.82) is 0 Å². The molecule has 0 saturated heterocycles. The summed E-state index contributed by atoms with van der Waals surface area (Å²) in [5.41, 5.74) is 1.60. The van der Waals surface area contributed by atoms with Crippen molar-refractivity contribution in [1.82, 2.24) is 14.4 Å². The molecule has 0 aliphatic carbocycles. The van der Waals surface area contributed by atoms with E-state index in [2.05, 4.69) is 14.7 Å². The van der Waals surface area contributed by atoms with Crippen molar-refractivity contribution >= 4 is 23.0 Å². The number of rotatable bonds is 2. The van der Waals surface area contributed by atoms with Crippen LogP contribution in [0.1, 0.15) is 9.67 Å². The SMILES string of the molecule is COC(=O)c1cnc(-c2cn3ccccc3n2)s1. The van der Waals surface area contributed by atoms with Crippen molar-refractivity contribution in [2.24, 2.45) is 0 Å². The Balaban J connectivity index is 2.03. The Morgan fingerprint density at radius 3 is 3.11 bits per heavy atom. The van der Waals surface area contributed by atoms with Crippen LogP contribution in [0.4, 0.5) is 0 Å². The number of fused-ring (bicyclic) bond motifs is 1. The molecule has 0 unspecified atom stereocenters. The summed E-state index contributed by atoms with van der Waals surface area (Å²) < 4.78 is 6.56. The first kappa shape index (κ1) is 10.9. The van der Waals surface area contributed by atoms with Crippen molar-refractivity contribution in [3.8, 4) is 10.7 Å². The maximum atomic E-state index is 11.4. The highest BCUT2D eigenvalue weighted by Gasteiger charge is 2.13. The number of hydrogen-bond acceptors (Lipinski definition) is 5. The fourth-order valence-electron chi connectivity index (χ4n) is 1.63. The zero-order valence-corrected chi connectivity index (χ0v) is 10.3. The van der Waals surface area contributed by atoms with Crippen LogP contribution < -0.4 is 0 Å². The summed E-state index contributed by atoms with van der Waals surface area (Å²) in [4.78, 5) is 20.5. The van der Waals surface area contributed by atoms with E-state index in [0.717, 1.165) is 11.3 Å². The standard InChI is InChI=1S/C12H9N3O2S/c1-17-12(16)9-6-13-11(18-9)8-7-15-5-3-2-4-10(15)14-8/h2-7H,1H3. The van der Waals surface area contributed by atoms with Crippen LogP contribution >= 0.6 is 11.3 Å². The first-order valence-electron chi connectivity index (χ1n) is 5.26. The third-order valence-corrected chi connectivity index (χ3v) is 3.48. The molecule has 3 aromatic heterocycles. The largest absolute Gasteiger partial charge is 0.465 e. The molecule has 0 amide bonds. The molecule has 0 radical (unpaired) electrons. The maximum Gasteiger partial charge on any atom is 0.349 e. The van der Waals surface area contributed by atoms with Crippen LogP contribution in [0.2, 0.25) is 0 Å². The number of methoxy groups -OCH3 is 1. The summed E-state index contributed by atoms with van der Waals surface area (Å²) in [6.07, 6.45) is 5.31. The molecule has 0 aliphatic rings. The summed E-state index contributed by atoms with van der Waals surface area (Å²) in [6.45, 7) is 0. The van der Waals surface area contributed by atoms with Gasteiger partial charge in [0.15, 0.2) is 0 Å². The Morgan fingerprint density at radius 1 is 1.44 bits per heavy atom. The Labute approximate surface area is 107 Å². The number of imidazole rings is 1. The van der Waals surface area contributed by atoms with Crippen LogP contribution in [-0.2, 0) is 4.74 Å². The fraction of sp³-hybridized carbons (Fsp3) is 0.0833. The van der Waals surface area contributed by atoms with Gasteiger partial charge in [-0.15, -0.1) is 11.3 Å². The van der Waals surface area contributed by atoms with Gasteiger partial charge in [-0.05, 0) is 12.1 Å². The van der Waals surface area contributed by atoms with Crippen LogP contribution in [0.25, 0.3) is 16.3 Å². The Morgan fingerprint density at radius 2 is 2.33 bits per heavy atom. The van der Waals surface area contributed by atoms with Crippen molar-refractivity contribution in [2.75, 3.05) is 7.11 Å². The molecule has 0 N–H and O–H groups in total. The smallest absolute Gasteiger partial charge is 0.349 e. The normalized spacial score (nSPS) is 10.7. The Bertz CT molecular complexity index is 684. The summed E-state index contributed by atoms with van der Waals surface area (Å²) in [5.74, 6) is -0.373. The molecule has 0 aliphatic heterocycles. The maximum absolute atomic E-state index is 11.4. The third-order valence-electron chi connectivity index (χ3n) is 2.48. The summed E-state index contributed by atoms with van der Waals surface area (Å²) in [6, 6.07) is 5.77. The van der Waals surface area contributed by atoms with E-state index in [0.29, 0.717) is 9.88 Å². The Kier molecular flexibility index (Phi) is 2.56. The summed E-state index contributed by atoms with van der Waals surface area (Å²) >= 11 is 1.27. The first-order chi connectivity index (χ1) is 8.78. The van der Waals surface area contributed by atoms with E-state index in [1.165, 1.54) is 24.6 Å². The molecule has 6 heteroatoms. The van der Waals surface area contributed by atoms with Gasteiger partial charge < -0.3 is 9.14 Å². The van der Waals surface area contributed by atoms with E-state index < -0.39 is 0 Å². The Hall–Kier alpha value is -2.21. The molecule has 0 fully saturated rings. The zero-order valence-electron chi connectivity index (χ0n) is 9.53. The molecule has 3 rings (SSSR count). The summed E-state index contributed by atoms with van der Waals surface area (Å²) in [7, 11) is 1.35. The molecule has 5 nitrogen and oxygen atoms in total. The molecule has 3 aromatic rings. The van der Waals surface area contributed by atoms with Crippen molar-refractivity contribution in [3.05, 3.63) is 41.7 Å². The number of aromatic nitrogens is 3. The van der Waals surface area contributed by atoms with Crippen LogP contribution in [-0.4, -0.2) is 27.4 Å². The second kappa shape index (κ2) is 4.23. The minimum Gasteiger partial charge on any atom is -0.465 e. The highest BCUT2D eigenvalue weighted by atomic mass is 32.1. The van der Waals surface area contributed by atoms with Crippen molar-refractivity contribution in [3.63, 3.8) is 0 Å². The number of ether oxygens (including phenoxy) is 1. The minimum absolute atomic E-state index is 0.373. The lowest BCUT2D eigenvalue weighted by atomic mass is 10.5. The van der Waals surface area contributed by atoms with E-state index in [-0.39, 0.29) is 5.97 Å². The molecule has 0 bridgehead atoms. The highest BCUT2D eigenvalue weighted by molar-refractivity contribution is 7.16. The van der Waals surface area contributed by atoms with Crippen LogP contribution in [0.5, 0.6) is 0 Å². The monoisotopic (exact) mass is 259 g/mol. The molecule has 0 saturated carbocycles. The topological polar surface area (TPSA) is 56.5 Å². The molecule has 0 atom stereocenters. The predicted octanol–water partition coefficient (Wildman–Crippen LogP) is 2.24. The van der Waals surface area contributed by atoms with E-state index in [9.17, 15) is 4.79 Å². The van der Waals surface area contributed by atoms with Crippen LogP contribution in [0, 0.1) is 0 Å². The average molecular weight is 259 g/mol. The second-order valence-electron chi connectivity index (χ2n) is 3.61. The van der Waals surface area contributed by atoms with Gasteiger partial charge in [-0.2, -0.15) is 0 Å². The van der Waals surface area contributed by atoms with Gasteiger partial charge in [-0.3, -0.25) is 0 Å². The molecular weight excluding hydrogens is 250 g/mol. The van der Waals surface area contributed by atoms with Gasteiger partial charge in [-0.25, -0.2) is 14.8 Å². The van der Waals surface area contributed by atoms with Gasteiger partial charge in [0.1, 0.15) is 21.2 Å². The number of pyridine rings is 1. The van der Waals surface area contributed by atoms with E-state index >= 15 is 0 Å². The van der Waals surface area contributed by atoms with Crippen molar-refractivity contribution in [2.45, 2.75) is 0 Å². The molecule has 18 heavy (non-hydrogen) atoms. The minimum atomic E-state index is -0.373. The number of esters is 1. The lowest BCUT2D eigenvalue weighted by Crippen LogP contribution is -1.96. The van der Waals surface area contributed by atoms with E-state index in [1.54, 1.807) is 0 Å². The average Bonchev–Trinajstić information content (AvgIpc) is 3.03. The highest BCUT2D eigenvalue weighted by Crippen LogP contribution is 2.25. The number of hydrogen-bond donors (Lipinski definition) is 0. The number of carbonyl (C=O) groups excluding carboxylic acids is 1. The number of thiazole rings is 1. The summed E-state index contributed by atoms with van der Waals surface area (Å²) in [5, 5.41) is 0.708. The van der Waals surface area contributed by atoms with Gasteiger partial charge in [0.2, 0.25) is 0 Å². The van der Waals surface area contributed by atoms with Gasteiger partial charge in [-0.1, -0.05) is 6.07 Å². The lowest BCUT2D eigenvalue weighted by molar-refractivity contribution is 0.0606.